The predicted octanol–water partition coefficient (Wildman–Crippen LogP) is 5.62. The number of nitrogens with one attached hydrogen (secondary N) is 1. The van der Waals surface area contributed by atoms with Gasteiger partial charge in [0.05, 0.1) is 18.2 Å². The monoisotopic (exact) mass is 431 g/mol. The van der Waals surface area contributed by atoms with Crippen LogP contribution in [0.3, 0.4) is 0 Å². The van der Waals surface area contributed by atoms with Crippen molar-refractivity contribution >= 4 is 54.9 Å². The Labute approximate surface area is 145 Å². The minimum Gasteiger partial charge on any atom is -0.462 e. The van der Waals surface area contributed by atoms with Gasteiger partial charge in [-0.15, -0.1) is 11.3 Å². The summed E-state index contributed by atoms with van der Waals surface area (Å²) in [6, 6.07) is 7.71. The molecule has 0 spiro atoms. The molecule has 1 unspecified atom stereocenters. The van der Waals surface area contributed by atoms with E-state index in [1.54, 1.807) is 30.4 Å². The van der Waals surface area contributed by atoms with Gasteiger partial charge in [0, 0.05) is 24.9 Å². The van der Waals surface area contributed by atoms with Gasteiger partial charge in [-0.2, -0.15) is 0 Å². The van der Waals surface area contributed by atoms with Crippen LogP contribution < -0.4 is 5.32 Å². The van der Waals surface area contributed by atoms with Crippen molar-refractivity contribution < 1.29 is 9.53 Å². The Kier molecular flexibility index (Phi) is 5.84. The van der Waals surface area contributed by atoms with Crippen LogP contribution in [0, 0.1) is 0 Å². The molecule has 6 heteroatoms. The molecule has 0 fully saturated rings. The number of hydrogen-bond donors (Lipinski definition) is 1. The van der Waals surface area contributed by atoms with Crippen LogP contribution in [0.1, 0.15) is 35.1 Å². The molecule has 2 rings (SSSR count). The fourth-order valence-corrected chi connectivity index (χ4v) is 3.78. The Morgan fingerprint density at radius 1 is 1.38 bits per heavy atom. The van der Waals surface area contributed by atoms with Gasteiger partial charge >= 0.3 is 5.97 Å². The number of carbonyl (C=O) groups is 1. The second-order valence-electron chi connectivity index (χ2n) is 4.45. The molecule has 2 aromatic rings. The number of benzene rings is 1. The lowest BCUT2D eigenvalue weighted by Crippen LogP contribution is -2.07. The summed E-state index contributed by atoms with van der Waals surface area (Å²) in [5.41, 5.74) is 1.49. The van der Waals surface area contributed by atoms with Gasteiger partial charge in [-0.1, -0.05) is 0 Å². The van der Waals surface area contributed by atoms with Crippen LogP contribution in [0.2, 0.25) is 0 Å². The van der Waals surface area contributed by atoms with Gasteiger partial charge in [0.2, 0.25) is 0 Å². The lowest BCUT2D eigenvalue weighted by atomic mass is 10.2. The molecule has 112 valence electrons. The summed E-state index contributed by atoms with van der Waals surface area (Å²) in [6.07, 6.45) is 0. The first-order chi connectivity index (χ1) is 10.0. The molecule has 0 saturated heterocycles. The van der Waals surface area contributed by atoms with Crippen molar-refractivity contribution in [2.24, 2.45) is 0 Å². The third-order valence-electron chi connectivity index (χ3n) is 2.87. The maximum Gasteiger partial charge on any atom is 0.338 e. The highest BCUT2D eigenvalue weighted by Gasteiger charge is 2.12. The average molecular weight is 433 g/mol. The van der Waals surface area contributed by atoms with E-state index in [-0.39, 0.29) is 12.0 Å². The minimum absolute atomic E-state index is 0.186. The van der Waals surface area contributed by atoms with Gasteiger partial charge in [-0.05, 0) is 70.0 Å². The molecular weight excluding hydrogens is 418 g/mol. The van der Waals surface area contributed by atoms with Gasteiger partial charge in [-0.3, -0.25) is 0 Å². The van der Waals surface area contributed by atoms with Crippen molar-refractivity contribution in [3.63, 3.8) is 0 Å². The lowest BCUT2D eigenvalue weighted by molar-refractivity contribution is 0.0526. The van der Waals surface area contributed by atoms with E-state index >= 15 is 0 Å². The number of ether oxygens (including phenoxy) is 1. The Morgan fingerprint density at radius 3 is 2.71 bits per heavy atom. The Bertz CT molecular complexity index is 642. The number of halogens is 2. The quantitative estimate of drug-likeness (QED) is 0.622. The van der Waals surface area contributed by atoms with E-state index in [0.29, 0.717) is 12.2 Å². The zero-order valence-electron chi connectivity index (χ0n) is 11.7. The first-order valence-electron chi connectivity index (χ1n) is 6.48. The van der Waals surface area contributed by atoms with Crippen LogP contribution in [-0.2, 0) is 4.74 Å². The average Bonchev–Trinajstić information content (AvgIpc) is 2.88. The number of esters is 1. The van der Waals surface area contributed by atoms with Crippen molar-refractivity contribution in [2.45, 2.75) is 19.9 Å². The maximum atomic E-state index is 11.7. The summed E-state index contributed by atoms with van der Waals surface area (Å²) in [6.45, 7) is 4.27. The molecule has 0 aliphatic carbocycles. The van der Waals surface area contributed by atoms with E-state index in [2.05, 4.69) is 55.5 Å². The summed E-state index contributed by atoms with van der Waals surface area (Å²) < 4.78 is 6.93. The zero-order valence-corrected chi connectivity index (χ0v) is 15.6. The largest absolute Gasteiger partial charge is 0.462 e. The normalized spacial score (nSPS) is 12.0. The molecule has 0 aliphatic heterocycles. The second kappa shape index (κ2) is 7.42. The van der Waals surface area contributed by atoms with Crippen molar-refractivity contribution in [1.29, 1.82) is 0 Å². The van der Waals surface area contributed by atoms with E-state index in [9.17, 15) is 4.79 Å². The first kappa shape index (κ1) is 16.5. The topological polar surface area (TPSA) is 38.3 Å². The summed E-state index contributed by atoms with van der Waals surface area (Å²) >= 11 is 8.66. The van der Waals surface area contributed by atoms with Gasteiger partial charge < -0.3 is 10.1 Å². The molecule has 0 aliphatic rings. The Morgan fingerprint density at radius 2 is 2.14 bits per heavy atom. The highest BCUT2D eigenvalue weighted by Crippen LogP contribution is 2.31. The molecule has 0 saturated carbocycles. The van der Waals surface area contributed by atoms with Crippen molar-refractivity contribution in [3.05, 3.63) is 49.0 Å². The molecule has 1 N–H and O–H groups in total. The zero-order chi connectivity index (χ0) is 15.4. The number of thiophene rings is 1. The highest BCUT2D eigenvalue weighted by molar-refractivity contribution is 9.10. The van der Waals surface area contributed by atoms with Crippen molar-refractivity contribution in [3.8, 4) is 0 Å². The Hall–Kier alpha value is -0.850. The third kappa shape index (κ3) is 4.31. The fraction of sp³-hybridized carbons (Fsp3) is 0.267. The van der Waals surface area contributed by atoms with Crippen molar-refractivity contribution in [2.75, 3.05) is 11.9 Å². The molecule has 1 heterocycles. The first-order valence-corrected chi connectivity index (χ1v) is 8.95. The van der Waals surface area contributed by atoms with Gasteiger partial charge in [0.15, 0.2) is 0 Å². The molecule has 21 heavy (non-hydrogen) atoms. The molecular formula is C15H15Br2NO2S. The van der Waals surface area contributed by atoms with Crippen LogP contribution in [-0.4, -0.2) is 12.6 Å². The molecule has 3 nitrogen and oxygen atoms in total. The third-order valence-corrected chi connectivity index (χ3v) is 5.40. The van der Waals surface area contributed by atoms with Gasteiger partial charge in [0.25, 0.3) is 0 Å². The maximum absolute atomic E-state index is 11.7. The van der Waals surface area contributed by atoms with Crippen LogP contribution in [0.25, 0.3) is 0 Å². The van der Waals surface area contributed by atoms with Crippen LogP contribution in [0.15, 0.2) is 38.6 Å². The van der Waals surface area contributed by atoms with E-state index in [1.165, 1.54) is 4.88 Å². The van der Waals surface area contributed by atoms with Crippen LogP contribution in [0.5, 0.6) is 0 Å². The molecule has 0 bridgehead atoms. The molecule has 0 radical (unpaired) electrons. The smallest absolute Gasteiger partial charge is 0.338 e. The number of carbonyl (C=O) groups excluding carboxylic acids is 1. The molecule has 0 amide bonds. The summed E-state index contributed by atoms with van der Waals surface area (Å²) in [5.74, 6) is -0.306. The van der Waals surface area contributed by atoms with Crippen molar-refractivity contribution in [1.82, 2.24) is 0 Å². The SMILES string of the molecule is CCOC(=O)c1ccc(NC(C)c2cc(Br)cs2)c(Br)c1. The van der Waals surface area contributed by atoms with Crippen LogP contribution in [0.4, 0.5) is 5.69 Å². The minimum atomic E-state index is -0.306. The van der Waals surface area contributed by atoms with Gasteiger partial charge in [0.1, 0.15) is 0 Å². The van der Waals surface area contributed by atoms with E-state index in [1.807, 2.05) is 6.07 Å². The lowest BCUT2D eigenvalue weighted by Gasteiger charge is -2.15. The van der Waals surface area contributed by atoms with Crippen LogP contribution >= 0.6 is 43.2 Å². The molecule has 1 aromatic heterocycles. The molecule has 1 aromatic carbocycles. The summed E-state index contributed by atoms with van der Waals surface area (Å²) in [7, 11) is 0. The number of hydrogen-bond acceptors (Lipinski definition) is 4. The van der Waals surface area contributed by atoms with Gasteiger partial charge in [-0.25, -0.2) is 4.79 Å². The van der Waals surface area contributed by atoms with E-state index in [4.69, 9.17) is 4.74 Å². The van der Waals surface area contributed by atoms with E-state index in [0.717, 1.165) is 14.6 Å². The summed E-state index contributed by atoms with van der Waals surface area (Å²) in [4.78, 5) is 12.9. The van der Waals surface area contributed by atoms with E-state index < -0.39 is 0 Å². The highest BCUT2D eigenvalue weighted by atomic mass is 79.9. The number of rotatable bonds is 5. The standard InChI is InChI=1S/C15H15Br2NO2S/c1-3-20-15(19)10-4-5-13(12(17)6-10)18-9(2)14-7-11(16)8-21-14/h4-9,18H,3H2,1-2H3. The number of anilines is 1. The Balaban J connectivity index is 2.12. The second-order valence-corrected chi connectivity index (χ2v) is 7.16. The predicted molar refractivity (Wildman–Crippen MR) is 94.2 cm³/mol. The summed E-state index contributed by atoms with van der Waals surface area (Å²) in [5, 5.41) is 5.49. The fourth-order valence-electron chi connectivity index (χ4n) is 1.83. The molecule has 1 atom stereocenters.